The van der Waals surface area contributed by atoms with Crippen LogP contribution in [0.4, 0.5) is 5.82 Å². The van der Waals surface area contributed by atoms with Crippen LogP contribution in [0.15, 0.2) is 18.3 Å². The normalized spacial score (nSPS) is 23.7. The average molecular weight is 371 g/mol. The molecule has 2 saturated carbocycles. The second kappa shape index (κ2) is 8.59. The summed E-state index contributed by atoms with van der Waals surface area (Å²) in [6.45, 7) is 6.07. The molecule has 2 heterocycles. The molecule has 1 N–H and O–H groups in total. The molecule has 3 fully saturated rings. The van der Waals surface area contributed by atoms with Crippen LogP contribution in [-0.2, 0) is 0 Å². The first-order valence-electron chi connectivity index (χ1n) is 11.0. The number of amides is 1. The number of carbonyl (C=O) groups excluding carboxylic acids is 1. The number of aromatic nitrogens is 1. The molecule has 0 radical (unpaired) electrons. The quantitative estimate of drug-likeness (QED) is 0.857. The van der Waals surface area contributed by atoms with E-state index in [1.54, 1.807) is 6.20 Å². The highest BCUT2D eigenvalue weighted by Gasteiger charge is 2.28. The lowest BCUT2D eigenvalue weighted by Crippen LogP contribution is -2.40. The van der Waals surface area contributed by atoms with Gasteiger partial charge in [0.2, 0.25) is 0 Å². The number of pyridine rings is 1. The Kier molecular flexibility index (Phi) is 5.96. The van der Waals surface area contributed by atoms with Crippen LogP contribution >= 0.6 is 0 Å². The Balaban J connectivity index is 1.31. The van der Waals surface area contributed by atoms with Crippen LogP contribution in [0.25, 0.3) is 0 Å². The maximum Gasteiger partial charge on any atom is 0.255 e. The van der Waals surface area contributed by atoms with Crippen molar-refractivity contribution in [1.82, 2.24) is 14.8 Å². The van der Waals surface area contributed by atoms with Gasteiger partial charge < -0.3 is 10.2 Å². The lowest BCUT2D eigenvalue weighted by molar-refractivity contribution is 0.0754. The predicted molar refractivity (Wildman–Crippen MR) is 109 cm³/mol. The standard InChI is InChI=1S/C22H34N4O/c1-17(18-8-9-18)24-21-11-10-19(16-23-21)22(27)26-13-5-12-25(14-15-26)20-6-3-2-4-7-20/h10-11,16-18,20H,2-9,12-15H2,1H3,(H,23,24)/t17-/m0/s1. The fourth-order valence-corrected chi connectivity index (χ4v) is 4.69. The molecule has 3 aliphatic rings. The van der Waals surface area contributed by atoms with E-state index in [1.165, 1.54) is 44.9 Å². The Hall–Kier alpha value is -1.62. The van der Waals surface area contributed by atoms with Gasteiger partial charge in [-0.25, -0.2) is 4.98 Å². The van der Waals surface area contributed by atoms with E-state index in [9.17, 15) is 4.79 Å². The predicted octanol–water partition coefficient (Wildman–Crippen LogP) is 3.77. The van der Waals surface area contributed by atoms with E-state index in [1.807, 2.05) is 17.0 Å². The number of nitrogens with one attached hydrogen (secondary N) is 1. The largest absolute Gasteiger partial charge is 0.367 e. The minimum atomic E-state index is 0.134. The number of anilines is 1. The summed E-state index contributed by atoms with van der Waals surface area (Å²) in [7, 11) is 0. The topological polar surface area (TPSA) is 48.5 Å². The van der Waals surface area contributed by atoms with Gasteiger partial charge in [-0.1, -0.05) is 19.3 Å². The minimum absolute atomic E-state index is 0.134. The van der Waals surface area contributed by atoms with Crippen LogP contribution in [0.3, 0.4) is 0 Å². The number of hydrogen-bond acceptors (Lipinski definition) is 4. The van der Waals surface area contributed by atoms with Gasteiger partial charge in [-0.2, -0.15) is 0 Å². The third kappa shape index (κ3) is 4.81. The number of nitrogens with zero attached hydrogens (tertiary/aromatic N) is 3. The molecule has 0 bridgehead atoms. The average Bonchev–Trinajstić information content (AvgIpc) is 3.55. The van der Waals surface area contributed by atoms with Crippen LogP contribution < -0.4 is 5.32 Å². The molecule has 27 heavy (non-hydrogen) atoms. The van der Waals surface area contributed by atoms with Gasteiger partial charge in [0, 0.05) is 44.5 Å². The van der Waals surface area contributed by atoms with Gasteiger partial charge in [0.15, 0.2) is 0 Å². The summed E-state index contributed by atoms with van der Waals surface area (Å²) in [4.78, 5) is 22.1. The van der Waals surface area contributed by atoms with E-state index in [-0.39, 0.29) is 5.91 Å². The van der Waals surface area contributed by atoms with Crippen molar-refractivity contribution in [3.63, 3.8) is 0 Å². The van der Waals surface area contributed by atoms with E-state index in [2.05, 4.69) is 22.1 Å². The first-order chi connectivity index (χ1) is 13.2. The highest BCUT2D eigenvalue weighted by molar-refractivity contribution is 5.94. The van der Waals surface area contributed by atoms with Crippen molar-refractivity contribution >= 4 is 11.7 Å². The monoisotopic (exact) mass is 370 g/mol. The fraction of sp³-hybridized carbons (Fsp3) is 0.727. The van der Waals surface area contributed by atoms with Crippen LogP contribution in [0.5, 0.6) is 0 Å². The zero-order chi connectivity index (χ0) is 18.6. The van der Waals surface area contributed by atoms with Gasteiger partial charge in [0.1, 0.15) is 5.82 Å². The molecule has 5 heteroatoms. The molecule has 4 rings (SSSR count). The van der Waals surface area contributed by atoms with Crippen molar-refractivity contribution in [3.05, 3.63) is 23.9 Å². The molecule has 1 atom stereocenters. The Labute approximate surface area is 163 Å². The molecule has 0 spiro atoms. The van der Waals surface area contributed by atoms with Crippen molar-refractivity contribution in [3.8, 4) is 0 Å². The first-order valence-corrected chi connectivity index (χ1v) is 11.0. The SMILES string of the molecule is C[C@H](Nc1ccc(C(=O)N2CCCN(C3CCCCC3)CC2)cn1)C1CC1. The molecular formula is C22H34N4O. The summed E-state index contributed by atoms with van der Waals surface area (Å²) in [6, 6.07) is 5.10. The van der Waals surface area contributed by atoms with E-state index in [0.717, 1.165) is 50.4 Å². The zero-order valence-electron chi connectivity index (χ0n) is 16.7. The molecular weight excluding hydrogens is 336 g/mol. The molecule has 1 aliphatic heterocycles. The van der Waals surface area contributed by atoms with E-state index >= 15 is 0 Å². The van der Waals surface area contributed by atoms with Gasteiger partial charge >= 0.3 is 0 Å². The van der Waals surface area contributed by atoms with Crippen molar-refractivity contribution in [2.45, 2.75) is 70.4 Å². The van der Waals surface area contributed by atoms with Crippen molar-refractivity contribution < 1.29 is 4.79 Å². The van der Waals surface area contributed by atoms with Gasteiger partial charge in [-0.15, -0.1) is 0 Å². The maximum absolute atomic E-state index is 12.9. The summed E-state index contributed by atoms with van der Waals surface area (Å²) >= 11 is 0. The Morgan fingerprint density at radius 1 is 1.04 bits per heavy atom. The van der Waals surface area contributed by atoms with Crippen molar-refractivity contribution in [1.29, 1.82) is 0 Å². The Morgan fingerprint density at radius 3 is 2.56 bits per heavy atom. The molecule has 0 unspecified atom stereocenters. The summed E-state index contributed by atoms with van der Waals surface area (Å²) in [6.07, 6.45) is 12.3. The summed E-state index contributed by atoms with van der Waals surface area (Å²) in [5, 5.41) is 3.46. The summed E-state index contributed by atoms with van der Waals surface area (Å²) in [5.74, 6) is 1.80. The van der Waals surface area contributed by atoms with Gasteiger partial charge in [-0.05, 0) is 57.1 Å². The van der Waals surface area contributed by atoms with Gasteiger partial charge in [-0.3, -0.25) is 9.69 Å². The number of carbonyl (C=O) groups is 1. The van der Waals surface area contributed by atoms with E-state index in [0.29, 0.717) is 11.6 Å². The number of rotatable bonds is 5. The Morgan fingerprint density at radius 2 is 1.85 bits per heavy atom. The zero-order valence-corrected chi connectivity index (χ0v) is 16.7. The van der Waals surface area contributed by atoms with Crippen molar-refractivity contribution in [2.75, 3.05) is 31.5 Å². The maximum atomic E-state index is 12.9. The molecule has 0 aromatic carbocycles. The van der Waals surface area contributed by atoms with Crippen LogP contribution in [0, 0.1) is 5.92 Å². The molecule has 1 aromatic heterocycles. The van der Waals surface area contributed by atoms with Crippen LogP contribution in [0.1, 0.15) is 68.6 Å². The summed E-state index contributed by atoms with van der Waals surface area (Å²) in [5.41, 5.74) is 0.714. The first kappa shape index (κ1) is 18.7. The lowest BCUT2D eigenvalue weighted by Gasteiger charge is -2.33. The summed E-state index contributed by atoms with van der Waals surface area (Å²) < 4.78 is 0. The second-order valence-corrected chi connectivity index (χ2v) is 8.68. The van der Waals surface area contributed by atoms with Gasteiger partial charge in [0.25, 0.3) is 5.91 Å². The molecule has 1 aromatic rings. The smallest absolute Gasteiger partial charge is 0.255 e. The molecule has 1 amide bonds. The molecule has 5 nitrogen and oxygen atoms in total. The van der Waals surface area contributed by atoms with E-state index in [4.69, 9.17) is 0 Å². The highest BCUT2D eigenvalue weighted by atomic mass is 16.2. The Bertz CT molecular complexity index is 622. The third-order valence-electron chi connectivity index (χ3n) is 6.62. The van der Waals surface area contributed by atoms with Crippen LogP contribution in [-0.4, -0.2) is 59.0 Å². The minimum Gasteiger partial charge on any atom is -0.367 e. The lowest BCUT2D eigenvalue weighted by atomic mass is 9.94. The van der Waals surface area contributed by atoms with Crippen LogP contribution in [0.2, 0.25) is 0 Å². The van der Waals surface area contributed by atoms with Gasteiger partial charge in [0.05, 0.1) is 5.56 Å². The molecule has 2 aliphatic carbocycles. The molecule has 148 valence electrons. The fourth-order valence-electron chi connectivity index (χ4n) is 4.69. The number of hydrogen-bond donors (Lipinski definition) is 1. The van der Waals surface area contributed by atoms with E-state index < -0.39 is 0 Å². The van der Waals surface area contributed by atoms with Crippen molar-refractivity contribution in [2.24, 2.45) is 5.92 Å². The molecule has 1 saturated heterocycles. The second-order valence-electron chi connectivity index (χ2n) is 8.68. The highest BCUT2D eigenvalue weighted by Crippen LogP contribution is 2.33. The third-order valence-corrected chi connectivity index (χ3v) is 6.62.